The van der Waals surface area contributed by atoms with Crippen molar-refractivity contribution in [3.63, 3.8) is 0 Å². The lowest BCUT2D eigenvalue weighted by atomic mass is 10.0. The Morgan fingerprint density at radius 3 is 2.37 bits per heavy atom. The molecule has 0 bridgehead atoms. The number of carbonyl (C=O) groups is 1. The zero-order valence-corrected chi connectivity index (χ0v) is 18.2. The van der Waals surface area contributed by atoms with Crippen molar-refractivity contribution in [1.29, 1.82) is 5.26 Å². The molecule has 3 unspecified atom stereocenters. The van der Waals surface area contributed by atoms with Crippen LogP contribution in [0.4, 0.5) is 5.82 Å². The summed E-state index contributed by atoms with van der Waals surface area (Å²) < 4.78 is 11.4. The van der Waals surface area contributed by atoms with Crippen LogP contribution in [0, 0.1) is 17.2 Å². The molecular weight excluding hydrogens is 380 g/mol. The van der Waals surface area contributed by atoms with Crippen LogP contribution in [0.2, 0.25) is 0 Å². The van der Waals surface area contributed by atoms with Crippen LogP contribution < -0.4 is 4.90 Å². The third-order valence-corrected chi connectivity index (χ3v) is 5.55. The van der Waals surface area contributed by atoms with Crippen LogP contribution in [0.3, 0.4) is 0 Å². The second-order valence-electron chi connectivity index (χ2n) is 7.96. The Morgan fingerprint density at radius 1 is 1.20 bits per heavy atom. The van der Waals surface area contributed by atoms with Gasteiger partial charge in [-0.05, 0) is 31.9 Å². The van der Waals surface area contributed by atoms with Gasteiger partial charge in [-0.3, -0.25) is 4.79 Å². The number of benzene rings is 1. The minimum absolute atomic E-state index is 0.0113. The molecule has 7 nitrogen and oxygen atoms in total. The molecule has 30 heavy (non-hydrogen) atoms. The maximum atomic E-state index is 12.9. The van der Waals surface area contributed by atoms with Gasteiger partial charge in [0.1, 0.15) is 5.69 Å². The van der Waals surface area contributed by atoms with Gasteiger partial charge in [-0.1, -0.05) is 38.8 Å². The van der Waals surface area contributed by atoms with Crippen molar-refractivity contribution in [3.05, 3.63) is 30.0 Å². The second-order valence-corrected chi connectivity index (χ2v) is 7.96. The predicted molar refractivity (Wildman–Crippen MR) is 115 cm³/mol. The van der Waals surface area contributed by atoms with E-state index < -0.39 is 11.9 Å². The van der Waals surface area contributed by atoms with Crippen LogP contribution in [-0.2, 0) is 14.3 Å². The molecule has 0 spiro atoms. The molecule has 1 aliphatic heterocycles. The normalized spacial score (nSPS) is 20.2. The molecule has 2 heterocycles. The number of para-hydroxylation sites is 2. The molecule has 160 valence electrons. The molecule has 0 amide bonds. The topological polar surface area (TPSA) is 88.3 Å². The monoisotopic (exact) mass is 410 g/mol. The Morgan fingerprint density at radius 2 is 1.80 bits per heavy atom. The number of morpholine rings is 1. The Balaban J connectivity index is 1.99. The van der Waals surface area contributed by atoms with Crippen LogP contribution in [0.5, 0.6) is 0 Å². The first kappa shape index (κ1) is 22.0. The van der Waals surface area contributed by atoms with Gasteiger partial charge in [-0.15, -0.1) is 0 Å². The van der Waals surface area contributed by atoms with E-state index in [0.29, 0.717) is 36.7 Å². The van der Waals surface area contributed by atoms with Crippen molar-refractivity contribution in [2.75, 3.05) is 24.6 Å². The third kappa shape index (κ3) is 4.88. The standard InChI is InChI=1S/C23H30N4O3/c1-5-17(6-2)14-29-23(28)18(11-24)21-22(27-12-15(3)30-16(4)13-27)26-20-10-8-7-9-19(20)25-21/h7-10,15-18H,5-6,12-14H2,1-4H3. The molecule has 1 aromatic carbocycles. The van der Waals surface area contributed by atoms with Gasteiger partial charge in [0, 0.05) is 13.1 Å². The van der Waals surface area contributed by atoms with Gasteiger partial charge in [0.2, 0.25) is 0 Å². The van der Waals surface area contributed by atoms with E-state index in [9.17, 15) is 10.1 Å². The van der Waals surface area contributed by atoms with E-state index in [-0.39, 0.29) is 18.1 Å². The molecule has 0 N–H and O–H groups in total. The quantitative estimate of drug-likeness (QED) is 0.641. The fourth-order valence-electron chi connectivity index (χ4n) is 3.81. The van der Waals surface area contributed by atoms with Gasteiger partial charge in [0.05, 0.1) is 35.9 Å². The smallest absolute Gasteiger partial charge is 0.329 e. The van der Waals surface area contributed by atoms with E-state index in [1.54, 1.807) is 0 Å². The van der Waals surface area contributed by atoms with Gasteiger partial charge in [0.25, 0.3) is 0 Å². The van der Waals surface area contributed by atoms with Gasteiger partial charge >= 0.3 is 5.97 Å². The van der Waals surface area contributed by atoms with Crippen LogP contribution in [0.1, 0.15) is 52.1 Å². The summed E-state index contributed by atoms with van der Waals surface area (Å²) >= 11 is 0. The minimum Gasteiger partial charge on any atom is -0.464 e. The van der Waals surface area contributed by atoms with Crippen LogP contribution in [0.25, 0.3) is 11.0 Å². The summed E-state index contributed by atoms with van der Waals surface area (Å²) in [5.41, 5.74) is 1.73. The highest BCUT2D eigenvalue weighted by Crippen LogP contribution is 2.30. The summed E-state index contributed by atoms with van der Waals surface area (Å²) in [6.45, 7) is 9.68. The van der Waals surface area contributed by atoms with Crippen LogP contribution >= 0.6 is 0 Å². The van der Waals surface area contributed by atoms with Crippen molar-refractivity contribution in [2.24, 2.45) is 5.92 Å². The van der Waals surface area contributed by atoms with Gasteiger partial charge in [0.15, 0.2) is 11.7 Å². The summed E-state index contributed by atoms with van der Waals surface area (Å²) in [4.78, 5) is 24.4. The zero-order valence-electron chi connectivity index (χ0n) is 18.2. The highest BCUT2D eigenvalue weighted by molar-refractivity contribution is 5.85. The van der Waals surface area contributed by atoms with E-state index >= 15 is 0 Å². The first-order chi connectivity index (χ1) is 14.5. The Labute approximate surface area is 178 Å². The second kappa shape index (κ2) is 9.86. The zero-order chi connectivity index (χ0) is 21.7. The first-order valence-corrected chi connectivity index (χ1v) is 10.7. The number of nitriles is 1. The van der Waals surface area contributed by atoms with Crippen molar-refractivity contribution >= 4 is 22.8 Å². The first-order valence-electron chi connectivity index (χ1n) is 10.7. The third-order valence-electron chi connectivity index (χ3n) is 5.55. The van der Waals surface area contributed by atoms with Gasteiger partial charge in [-0.25, -0.2) is 9.97 Å². The molecule has 1 aromatic heterocycles. The van der Waals surface area contributed by atoms with Gasteiger partial charge in [-0.2, -0.15) is 5.26 Å². The van der Waals surface area contributed by atoms with E-state index in [1.807, 2.05) is 38.1 Å². The number of carbonyl (C=O) groups excluding carboxylic acids is 1. The molecule has 0 saturated carbocycles. The number of aromatic nitrogens is 2. The molecule has 2 aromatic rings. The molecular formula is C23H30N4O3. The number of hydrogen-bond acceptors (Lipinski definition) is 7. The van der Waals surface area contributed by atoms with Gasteiger partial charge < -0.3 is 14.4 Å². The fourth-order valence-corrected chi connectivity index (χ4v) is 3.81. The largest absolute Gasteiger partial charge is 0.464 e. The lowest BCUT2D eigenvalue weighted by Gasteiger charge is -2.37. The number of anilines is 1. The number of ether oxygens (including phenoxy) is 2. The van der Waals surface area contributed by atoms with Crippen molar-refractivity contribution in [2.45, 2.75) is 58.7 Å². The average Bonchev–Trinajstić information content (AvgIpc) is 2.73. The Hall–Kier alpha value is -2.72. The molecule has 7 heteroatoms. The summed E-state index contributed by atoms with van der Waals surface area (Å²) in [5, 5.41) is 9.87. The maximum absolute atomic E-state index is 12.9. The lowest BCUT2D eigenvalue weighted by molar-refractivity contribution is -0.145. The van der Waals surface area contributed by atoms with Crippen LogP contribution in [-0.4, -0.2) is 47.8 Å². The molecule has 3 rings (SSSR count). The summed E-state index contributed by atoms with van der Waals surface area (Å²) in [5.74, 6) is -0.845. The van der Waals surface area contributed by atoms with Crippen LogP contribution in [0.15, 0.2) is 24.3 Å². The predicted octanol–water partition coefficient (Wildman–Crippen LogP) is 3.83. The number of rotatable bonds is 7. The van der Waals surface area contributed by atoms with Crippen molar-refractivity contribution in [3.8, 4) is 6.07 Å². The lowest BCUT2D eigenvalue weighted by Crippen LogP contribution is -2.46. The molecule has 1 saturated heterocycles. The van der Waals surface area contributed by atoms with E-state index in [2.05, 4.69) is 24.8 Å². The van der Waals surface area contributed by atoms with Crippen molar-refractivity contribution < 1.29 is 14.3 Å². The fraction of sp³-hybridized carbons (Fsp3) is 0.565. The number of fused-ring (bicyclic) bond motifs is 1. The molecule has 1 aliphatic rings. The number of esters is 1. The number of hydrogen-bond donors (Lipinski definition) is 0. The average molecular weight is 411 g/mol. The van der Waals surface area contributed by atoms with E-state index in [0.717, 1.165) is 18.4 Å². The number of nitrogens with zero attached hydrogens (tertiary/aromatic N) is 4. The van der Waals surface area contributed by atoms with Crippen molar-refractivity contribution in [1.82, 2.24) is 9.97 Å². The Bertz CT molecular complexity index is 912. The van der Waals surface area contributed by atoms with E-state index in [4.69, 9.17) is 19.4 Å². The Kier molecular flexibility index (Phi) is 7.22. The molecule has 3 atom stereocenters. The minimum atomic E-state index is -1.13. The molecule has 1 fully saturated rings. The molecule has 0 aliphatic carbocycles. The summed E-state index contributed by atoms with van der Waals surface area (Å²) in [7, 11) is 0. The summed E-state index contributed by atoms with van der Waals surface area (Å²) in [6.07, 6.45) is 1.87. The maximum Gasteiger partial charge on any atom is 0.329 e. The SMILES string of the molecule is CCC(CC)COC(=O)C(C#N)c1nc2ccccc2nc1N1CC(C)OC(C)C1. The molecule has 0 radical (unpaired) electrons. The summed E-state index contributed by atoms with van der Waals surface area (Å²) in [6, 6.07) is 9.60. The van der Waals surface area contributed by atoms with E-state index in [1.165, 1.54) is 0 Å². The highest BCUT2D eigenvalue weighted by atomic mass is 16.5. The highest BCUT2D eigenvalue weighted by Gasteiger charge is 2.33.